The van der Waals surface area contributed by atoms with Crippen LogP contribution in [0.1, 0.15) is 6.92 Å². The van der Waals surface area contributed by atoms with Gasteiger partial charge in [-0.25, -0.2) is 0 Å². The monoisotopic (exact) mass is 166 g/mol. The van der Waals surface area contributed by atoms with Crippen molar-refractivity contribution in [1.82, 2.24) is 0 Å². The van der Waals surface area contributed by atoms with E-state index in [0.29, 0.717) is 10.1 Å². The molecule has 0 saturated carbocycles. The maximum atomic E-state index is 8.76. The zero-order valence-electron chi connectivity index (χ0n) is 5.46. The Bertz CT molecular complexity index is 93.0. The number of aliphatic hydroxyl groups is 1. The van der Waals surface area contributed by atoms with Crippen molar-refractivity contribution < 1.29 is 9.84 Å². The van der Waals surface area contributed by atoms with E-state index in [-0.39, 0.29) is 6.10 Å². The Hall–Kier alpha value is 0.200. The van der Waals surface area contributed by atoms with Crippen molar-refractivity contribution in [2.24, 2.45) is 0 Å². The number of methoxy groups -OCH3 is 1. The first-order valence-electron chi connectivity index (χ1n) is 2.55. The SMILES string of the molecule is COC(=S)SCC(C)O. The summed E-state index contributed by atoms with van der Waals surface area (Å²) in [5, 5.41) is 8.76. The summed E-state index contributed by atoms with van der Waals surface area (Å²) in [7, 11) is 1.53. The van der Waals surface area contributed by atoms with Gasteiger partial charge in [-0.15, -0.1) is 0 Å². The molecule has 0 aliphatic carbocycles. The third-order valence-corrected chi connectivity index (χ3v) is 2.18. The van der Waals surface area contributed by atoms with E-state index in [1.165, 1.54) is 18.9 Å². The van der Waals surface area contributed by atoms with Gasteiger partial charge in [-0.3, -0.25) is 0 Å². The Kier molecular flexibility index (Phi) is 5.13. The molecule has 0 spiro atoms. The van der Waals surface area contributed by atoms with E-state index in [2.05, 4.69) is 4.74 Å². The molecule has 1 N–H and O–H groups in total. The van der Waals surface area contributed by atoms with Gasteiger partial charge in [0.05, 0.1) is 13.2 Å². The summed E-state index contributed by atoms with van der Waals surface area (Å²) in [5.41, 5.74) is 0. The van der Waals surface area contributed by atoms with Gasteiger partial charge < -0.3 is 9.84 Å². The maximum Gasteiger partial charge on any atom is 0.219 e. The van der Waals surface area contributed by atoms with Crippen molar-refractivity contribution in [2.75, 3.05) is 12.9 Å². The van der Waals surface area contributed by atoms with Crippen LogP contribution < -0.4 is 0 Å². The molecule has 0 aromatic heterocycles. The minimum absolute atomic E-state index is 0.317. The zero-order valence-corrected chi connectivity index (χ0v) is 7.09. The van der Waals surface area contributed by atoms with E-state index >= 15 is 0 Å². The maximum absolute atomic E-state index is 8.76. The third kappa shape index (κ3) is 6.08. The molecule has 0 rings (SSSR count). The summed E-state index contributed by atoms with van der Waals surface area (Å²) < 4.78 is 5.17. The highest BCUT2D eigenvalue weighted by Crippen LogP contribution is 2.05. The third-order valence-electron chi connectivity index (χ3n) is 0.609. The second-order valence-electron chi connectivity index (χ2n) is 1.61. The fourth-order valence-electron chi connectivity index (χ4n) is 0.248. The van der Waals surface area contributed by atoms with Crippen LogP contribution in [0.2, 0.25) is 0 Å². The van der Waals surface area contributed by atoms with Crippen molar-refractivity contribution in [1.29, 1.82) is 0 Å². The van der Waals surface area contributed by atoms with E-state index in [0.717, 1.165) is 0 Å². The molecule has 0 aromatic carbocycles. The summed E-state index contributed by atoms with van der Waals surface area (Å²) in [4.78, 5) is 0. The molecule has 1 unspecified atom stereocenters. The predicted octanol–water partition coefficient (Wildman–Crippen LogP) is 1.03. The minimum atomic E-state index is -0.317. The van der Waals surface area contributed by atoms with Gasteiger partial charge in [-0.05, 0) is 19.1 Å². The first-order valence-corrected chi connectivity index (χ1v) is 3.95. The molecule has 0 amide bonds. The van der Waals surface area contributed by atoms with Gasteiger partial charge >= 0.3 is 0 Å². The van der Waals surface area contributed by atoms with Crippen LogP contribution in [0, 0.1) is 0 Å². The molecular weight excluding hydrogens is 156 g/mol. The smallest absolute Gasteiger partial charge is 0.219 e. The lowest BCUT2D eigenvalue weighted by molar-refractivity contribution is 0.220. The van der Waals surface area contributed by atoms with Crippen LogP contribution in [0.5, 0.6) is 0 Å². The number of ether oxygens (including phenoxy) is 1. The molecular formula is C5H10O2S2. The van der Waals surface area contributed by atoms with Gasteiger partial charge in [0.25, 0.3) is 0 Å². The van der Waals surface area contributed by atoms with Crippen molar-refractivity contribution in [3.63, 3.8) is 0 Å². The highest BCUT2D eigenvalue weighted by molar-refractivity contribution is 8.22. The van der Waals surface area contributed by atoms with Gasteiger partial charge in [0, 0.05) is 5.75 Å². The Balaban J connectivity index is 3.17. The summed E-state index contributed by atoms with van der Waals surface area (Å²) in [6.07, 6.45) is -0.317. The largest absolute Gasteiger partial charge is 0.482 e. The summed E-state index contributed by atoms with van der Waals surface area (Å²) in [5.74, 6) is 0.604. The molecule has 0 fully saturated rings. The van der Waals surface area contributed by atoms with Crippen LogP contribution in [-0.2, 0) is 4.74 Å². The van der Waals surface area contributed by atoms with Crippen molar-refractivity contribution in [3.8, 4) is 0 Å². The molecule has 0 bridgehead atoms. The standard InChI is InChI=1S/C5H10O2S2/c1-4(6)3-9-5(8)7-2/h4,6H,3H2,1-2H3. The highest BCUT2D eigenvalue weighted by Gasteiger charge is 1.98. The van der Waals surface area contributed by atoms with Crippen molar-refractivity contribution in [2.45, 2.75) is 13.0 Å². The topological polar surface area (TPSA) is 29.5 Å². The average molecular weight is 166 g/mol. The first kappa shape index (κ1) is 9.20. The molecule has 9 heavy (non-hydrogen) atoms. The van der Waals surface area contributed by atoms with Crippen LogP contribution in [0.4, 0.5) is 0 Å². The number of rotatable bonds is 2. The van der Waals surface area contributed by atoms with Crippen LogP contribution in [0.25, 0.3) is 0 Å². The molecule has 0 radical (unpaired) electrons. The molecule has 0 saturated heterocycles. The number of thiocarbonyl (C=S) groups is 1. The number of hydrogen-bond donors (Lipinski definition) is 1. The Labute approximate surface area is 64.6 Å². The Morgan fingerprint density at radius 1 is 1.89 bits per heavy atom. The van der Waals surface area contributed by atoms with E-state index < -0.39 is 0 Å². The van der Waals surface area contributed by atoms with E-state index in [9.17, 15) is 0 Å². The van der Waals surface area contributed by atoms with Gasteiger partial charge in [0.1, 0.15) is 0 Å². The van der Waals surface area contributed by atoms with Gasteiger partial charge in [-0.1, -0.05) is 11.8 Å². The second kappa shape index (κ2) is 5.02. The molecule has 1 atom stereocenters. The van der Waals surface area contributed by atoms with Gasteiger partial charge in [0.2, 0.25) is 4.38 Å². The molecule has 0 aliphatic rings. The lowest BCUT2D eigenvalue weighted by Crippen LogP contribution is -2.05. The van der Waals surface area contributed by atoms with Gasteiger partial charge in [0.15, 0.2) is 0 Å². The quantitative estimate of drug-likeness (QED) is 0.620. The molecule has 0 aliphatic heterocycles. The van der Waals surface area contributed by atoms with Crippen molar-refractivity contribution in [3.05, 3.63) is 0 Å². The van der Waals surface area contributed by atoms with E-state index in [1.807, 2.05) is 0 Å². The first-order chi connectivity index (χ1) is 4.16. The number of thioether (sulfide) groups is 1. The number of aliphatic hydroxyl groups excluding tert-OH is 1. The molecule has 0 heterocycles. The molecule has 4 heteroatoms. The Morgan fingerprint density at radius 3 is 2.78 bits per heavy atom. The summed E-state index contributed by atoms with van der Waals surface area (Å²) in [6, 6.07) is 0. The van der Waals surface area contributed by atoms with E-state index in [4.69, 9.17) is 17.3 Å². The average Bonchev–Trinajstić information content (AvgIpc) is 1.83. The number of hydrogen-bond acceptors (Lipinski definition) is 4. The normalized spacial score (nSPS) is 12.8. The zero-order chi connectivity index (χ0) is 7.28. The second-order valence-corrected chi connectivity index (χ2v) is 3.24. The van der Waals surface area contributed by atoms with Crippen LogP contribution in [-0.4, -0.2) is 28.5 Å². The van der Waals surface area contributed by atoms with Gasteiger partial charge in [-0.2, -0.15) is 0 Å². The molecule has 54 valence electrons. The Morgan fingerprint density at radius 2 is 2.44 bits per heavy atom. The summed E-state index contributed by atoms with van der Waals surface area (Å²) >= 11 is 6.05. The van der Waals surface area contributed by atoms with Crippen molar-refractivity contribution >= 4 is 28.4 Å². The van der Waals surface area contributed by atoms with Crippen LogP contribution in [0.15, 0.2) is 0 Å². The molecule has 2 nitrogen and oxygen atoms in total. The predicted molar refractivity (Wildman–Crippen MR) is 43.7 cm³/mol. The fourth-order valence-corrected chi connectivity index (χ4v) is 0.947. The highest BCUT2D eigenvalue weighted by atomic mass is 32.2. The van der Waals surface area contributed by atoms with Crippen LogP contribution in [0.3, 0.4) is 0 Å². The molecule has 0 aromatic rings. The van der Waals surface area contributed by atoms with Crippen LogP contribution >= 0.6 is 24.0 Å². The summed E-state index contributed by atoms with van der Waals surface area (Å²) in [6.45, 7) is 1.71. The minimum Gasteiger partial charge on any atom is -0.482 e. The lowest BCUT2D eigenvalue weighted by atomic mass is 10.5. The van der Waals surface area contributed by atoms with E-state index in [1.54, 1.807) is 6.92 Å². The lowest BCUT2D eigenvalue weighted by Gasteiger charge is -2.02. The fraction of sp³-hybridized carbons (Fsp3) is 0.800.